The minimum Gasteiger partial charge on any atom is -0.376 e. The smallest absolute Gasteiger partial charge is 0.0885 e. The van der Waals surface area contributed by atoms with E-state index >= 15 is 0 Å². The molecule has 0 aromatic heterocycles. The van der Waals surface area contributed by atoms with E-state index in [9.17, 15) is 0 Å². The standard InChI is InChI=1S/C5H9IO2S/c6-9-8-4-5-2-1-3-7-5/h5H,1-4H2/t5-/m0/s1. The number of rotatable bonds is 3. The summed E-state index contributed by atoms with van der Waals surface area (Å²) in [6.45, 7) is 1.66. The Hall–Kier alpha value is 1.00. The highest BCUT2D eigenvalue weighted by molar-refractivity contribution is 14.2. The summed E-state index contributed by atoms with van der Waals surface area (Å²) in [6, 6.07) is 0. The summed E-state index contributed by atoms with van der Waals surface area (Å²) >= 11 is 2.11. The van der Waals surface area contributed by atoms with Crippen molar-refractivity contribution in [2.75, 3.05) is 13.2 Å². The first kappa shape index (κ1) is 8.10. The topological polar surface area (TPSA) is 18.5 Å². The summed E-state index contributed by atoms with van der Waals surface area (Å²) in [5.74, 6) is 0. The van der Waals surface area contributed by atoms with Crippen molar-refractivity contribution in [3.05, 3.63) is 0 Å². The molecule has 0 spiro atoms. The zero-order valence-corrected chi connectivity index (χ0v) is 7.98. The van der Waals surface area contributed by atoms with Gasteiger partial charge >= 0.3 is 0 Å². The molecule has 2 nitrogen and oxygen atoms in total. The van der Waals surface area contributed by atoms with Gasteiger partial charge < -0.3 is 8.92 Å². The van der Waals surface area contributed by atoms with E-state index in [4.69, 9.17) is 8.92 Å². The van der Waals surface area contributed by atoms with E-state index < -0.39 is 0 Å². The van der Waals surface area contributed by atoms with Crippen LogP contribution in [-0.2, 0) is 8.92 Å². The molecule has 0 saturated carbocycles. The monoisotopic (exact) mass is 260 g/mol. The second-order valence-corrected chi connectivity index (χ2v) is 3.42. The van der Waals surface area contributed by atoms with Crippen LogP contribution in [0.1, 0.15) is 12.8 Å². The van der Waals surface area contributed by atoms with Crippen molar-refractivity contribution >= 4 is 30.4 Å². The highest BCUT2D eigenvalue weighted by atomic mass is 127. The molecule has 0 bridgehead atoms. The third-order valence-corrected chi connectivity index (χ3v) is 2.31. The van der Waals surface area contributed by atoms with Crippen LogP contribution in [0.4, 0.5) is 0 Å². The van der Waals surface area contributed by atoms with Crippen LogP contribution >= 0.6 is 30.4 Å². The van der Waals surface area contributed by atoms with Crippen LogP contribution in [-0.4, -0.2) is 19.3 Å². The first-order valence-electron chi connectivity index (χ1n) is 2.95. The van der Waals surface area contributed by atoms with Crippen LogP contribution in [0.3, 0.4) is 0 Å². The van der Waals surface area contributed by atoms with E-state index in [1.807, 2.05) is 0 Å². The van der Waals surface area contributed by atoms with Gasteiger partial charge in [-0.25, -0.2) is 0 Å². The molecule has 0 aromatic carbocycles. The minimum absolute atomic E-state index is 0.368. The Morgan fingerprint density at radius 3 is 3.22 bits per heavy atom. The molecule has 1 atom stereocenters. The molecule has 54 valence electrons. The van der Waals surface area contributed by atoms with Crippen LogP contribution in [0, 0.1) is 0 Å². The quantitative estimate of drug-likeness (QED) is 0.572. The van der Waals surface area contributed by atoms with Gasteiger partial charge in [-0.3, -0.25) is 0 Å². The van der Waals surface area contributed by atoms with Gasteiger partial charge in [-0.15, -0.1) is 0 Å². The van der Waals surface area contributed by atoms with Crippen LogP contribution in [0.2, 0.25) is 0 Å². The first-order valence-corrected chi connectivity index (χ1v) is 6.23. The Kier molecular flexibility index (Phi) is 4.28. The fraction of sp³-hybridized carbons (Fsp3) is 1.00. The second-order valence-electron chi connectivity index (χ2n) is 1.98. The Balaban J connectivity index is 1.98. The predicted molar refractivity (Wildman–Crippen MR) is 46.5 cm³/mol. The van der Waals surface area contributed by atoms with E-state index in [1.165, 1.54) is 15.6 Å². The Morgan fingerprint density at radius 1 is 1.78 bits per heavy atom. The van der Waals surface area contributed by atoms with Crippen LogP contribution < -0.4 is 0 Å². The van der Waals surface area contributed by atoms with Crippen molar-refractivity contribution in [3.63, 3.8) is 0 Å². The van der Waals surface area contributed by atoms with Gasteiger partial charge in [0, 0.05) is 27.8 Å². The lowest BCUT2D eigenvalue weighted by atomic mass is 10.2. The largest absolute Gasteiger partial charge is 0.376 e. The Labute approximate surface area is 71.5 Å². The summed E-state index contributed by atoms with van der Waals surface area (Å²) in [5, 5.41) is 0. The fourth-order valence-corrected chi connectivity index (χ4v) is 1.52. The third-order valence-electron chi connectivity index (χ3n) is 1.32. The summed E-state index contributed by atoms with van der Waals surface area (Å²) in [7, 11) is 1.38. The summed E-state index contributed by atoms with van der Waals surface area (Å²) in [4.78, 5) is 0. The molecule has 0 unspecified atom stereocenters. The van der Waals surface area contributed by atoms with Crippen LogP contribution in [0.25, 0.3) is 0 Å². The fourth-order valence-electron chi connectivity index (χ4n) is 0.877. The first-order chi connectivity index (χ1) is 4.43. The molecule has 1 saturated heterocycles. The maximum atomic E-state index is 5.31. The molecule has 9 heavy (non-hydrogen) atoms. The number of hydrogen-bond donors (Lipinski definition) is 0. The van der Waals surface area contributed by atoms with Crippen molar-refractivity contribution in [2.24, 2.45) is 0 Å². The van der Waals surface area contributed by atoms with Crippen molar-refractivity contribution in [1.29, 1.82) is 0 Å². The molecule has 4 heteroatoms. The highest BCUT2D eigenvalue weighted by Gasteiger charge is 2.14. The van der Waals surface area contributed by atoms with E-state index in [0.29, 0.717) is 6.10 Å². The third kappa shape index (κ3) is 3.06. The summed E-state index contributed by atoms with van der Waals surface area (Å²) < 4.78 is 10.4. The van der Waals surface area contributed by atoms with Gasteiger partial charge in [-0.1, -0.05) is 0 Å². The molecule has 1 heterocycles. The molecule has 0 aromatic rings. The van der Waals surface area contributed by atoms with Crippen molar-refractivity contribution < 1.29 is 8.92 Å². The van der Waals surface area contributed by atoms with E-state index in [2.05, 4.69) is 21.2 Å². The predicted octanol–water partition coefficient (Wildman–Crippen LogP) is 2.18. The molecule has 1 aliphatic heterocycles. The molecule has 1 aliphatic rings. The van der Waals surface area contributed by atoms with Gasteiger partial charge in [0.05, 0.1) is 21.9 Å². The average Bonchev–Trinajstić information content (AvgIpc) is 2.34. The van der Waals surface area contributed by atoms with Gasteiger partial charge in [-0.2, -0.15) is 0 Å². The molecule has 0 amide bonds. The number of halogens is 1. The maximum Gasteiger partial charge on any atom is 0.0885 e. The normalized spacial score (nSPS) is 27.0. The number of hydrogen-bond acceptors (Lipinski definition) is 3. The van der Waals surface area contributed by atoms with Gasteiger partial charge in [0.2, 0.25) is 0 Å². The van der Waals surface area contributed by atoms with Crippen LogP contribution in [0.5, 0.6) is 0 Å². The zero-order valence-electron chi connectivity index (χ0n) is 5.01. The van der Waals surface area contributed by atoms with Gasteiger partial charge in [0.1, 0.15) is 0 Å². The van der Waals surface area contributed by atoms with Crippen molar-refractivity contribution in [3.8, 4) is 0 Å². The Bertz CT molecular complexity index is 75.4. The molecule has 0 radical (unpaired) electrons. The maximum absolute atomic E-state index is 5.31. The van der Waals surface area contributed by atoms with Crippen LogP contribution in [0.15, 0.2) is 0 Å². The zero-order chi connectivity index (χ0) is 6.53. The lowest BCUT2D eigenvalue weighted by Crippen LogP contribution is -2.10. The molecule has 0 N–H and O–H groups in total. The van der Waals surface area contributed by atoms with Gasteiger partial charge in [0.25, 0.3) is 0 Å². The molecular weight excluding hydrogens is 251 g/mol. The Morgan fingerprint density at radius 2 is 2.67 bits per heavy atom. The van der Waals surface area contributed by atoms with Crippen molar-refractivity contribution in [1.82, 2.24) is 0 Å². The lowest BCUT2D eigenvalue weighted by molar-refractivity contribution is 0.0758. The molecule has 0 aliphatic carbocycles. The van der Waals surface area contributed by atoms with E-state index in [-0.39, 0.29) is 0 Å². The number of ether oxygens (including phenoxy) is 1. The average molecular weight is 260 g/mol. The second kappa shape index (κ2) is 4.76. The SMILES string of the molecule is ISOC[C@@H]1CCCO1. The molecular formula is C5H9IO2S. The van der Waals surface area contributed by atoms with E-state index in [1.54, 1.807) is 0 Å². The molecule has 1 fully saturated rings. The lowest BCUT2D eigenvalue weighted by Gasteiger charge is -2.05. The molecule has 1 rings (SSSR count). The highest BCUT2D eigenvalue weighted by Crippen LogP contribution is 2.17. The van der Waals surface area contributed by atoms with E-state index in [0.717, 1.165) is 19.6 Å². The van der Waals surface area contributed by atoms with Gasteiger partial charge in [0.15, 0.2) is 0 Å². The minimum atomic E-state index is 0.368. The van der Waals surface area contributed by atoms with Gasteiger partial charge in [-0.05, 0) is 12.8 Å². The summed E-state index contributed by atoms with van der Waals surface area (Å²) in [5.41, 5.74) is 0. The summed E-state index contributed by atoms with van der Waals surface area (Å²) in [6.07, 6.45) is 2.73. The van der Waals surface area contributed by atoms with Crippen molar-refractivity contribution in [2.45, 2.75) is 18.9 Å².